The van der Waals surface area contributed by atoms with Crippen molar-refractivity contribution in [3.63, 3.8) is 0 Å². The minimum Gasteiger partial charge on any atom is -0.294 e. The van der Waals surface area contributed by atoms with Crippen molar-refractivity contribution >= 4 is 43.2 Å². The first-order valence-electron chi connectivity index (χ1n) is 9.31. The Hall–Kier alpha value is -3.43. The highest BCUT2D eigenvalue weighted by Gasteiger charge is 2.14. The van der Waals surface area contributed by atoms with E-state index in [1.54, 1.807) is 11.3 Å². The molecule has 3 aromatic carbocycles. The summed E-state index contributed by atoms with van der Waals surface area (Å²) >= 11 is 1.78. The number of rotatable bonds is 2. The van der Waals surface area contributed by atoms with Gasteiger partial charge in [-0.05, 0) is 58.3 Å². The number of hydrogen-bond donors (Lipinski definition) is 0. The van der Waals surface area contributed by atoms with Gasteiger partial charge in [0.25, 0.3) is 0 Å². The van der Waals surface area contributed by atoms with Crippen LogP contribution in [0.15, 0.2) is 96.5 Å². The van der Waals surface area contributed by atoms with Crippen LogP contribution in [0.4, 0.5) is 0 Å². The maximum Gasteiger partial charge on any atom is 0.138 e. The highest BCUT2D eigenvalue weighted by Crippen LogP contribution is 2.36. The molecule has 3 aromatic heterocycles. The van der Waals surface area contributed by atoms with E-state index in [-0.39, 0.29) is 0 Å². The van der Waals surface area contributed by atoms with Gasteiger partial charge in [0.05, 0.1) is 11.0 Å². The molecule has 0 amide bonds. The molecule has 6 aromatic rings. The summed E-state index contributed by atoms with van der Waals surface area (Å²) in [5.74, 6) is 0.948. The Morgan fingerprint density at radius 3 is 2.46 bits per heavy atom. The topological polar surface area (TPSA) is 17.8 Å². The molecule has 0 aliphatic rings. The minimum absolute atomic E-state index is 0.948. The molecule has 0 aliphatic carbocycles. The molecule has 6 rings (SSSR count). The summed E-state index contributed by atoms with van der Waals surface area (Å²) in [6, 6.07) is 30.1. The molecule has 0 atom stereocenters. The van der Waals surface area contributed by atoms with Gasteiger partial charge in [0.15, 0.2) is 0 Å². The van der Waals surface area contributed by atoms with E-state index in [0.717, 1.165) is 5.82 Å². The van der Waals surface area contributed by atoms with Crippen molar-refractivity contribution in [3.05, 3.63) is 96.5 Å². The molecule has 0 unspecified atom stereocenters. The summed E-state index contributed by atoms with van der Waals surface area (Å²) in [5.41, 5.74) is 4.77. The molecule has 0 saturated heterocycles. The monoisotopic (exact) mass is 376 g/mol. The summed E-state index contributed by atoms with van der Waals surface area (Å²) < 4.78 is 3.59. The lowest BCUT2D eigenvalue weighted by Gasteiger charge is -2.09. The maximum absolute atomic E-state index is 4.74. The third-order valence-corrected chi connectivity index (χ3v) is 6.21. The summed E-state index contributed by atoms with van der Waals surface area (Å²) in [7, 11) is 0. The Kier molecular flexibility index (Phi) is 3.37. The van der Waals surface area contributed by atoms with Gasteiger partial charge in [-0.25, -0.2) is 4.98 Å². The Morgan fingerprint density at radius 1 is 0.679 bits per heavy atom. The van der Waals surface area contributed by atoms with Gasteiger partial charge in [-0.3, -0.25) is 4.57 Å². The van der Waals surface area contributed by atoms with Gasteiger partial charge < -0.3 is 0 Å². The lowest BCUT2D eigenvalue weighted by Crippen LogP contribution is -1.97. The molecule has 2 nitrogen and oxygen atoms in total. The summed E-state index contributed by atoms with van der Waals surface area (Å²) in [6.45, 7) is 0. The van der Waals surface area contributed by atoms with Crippen LogP contribution >= 0.6 is 11.3 Å². The molecule has 0 spiro atoms. The van der Waals surface area contributed by atoms with E-state index >= 15 is 0 Å². The van der Waals surface area contributed by atoms with Gasteiger partial charge in [-0.1, -0.05) is 48.5 Å². The molecular weight excluding hydrogens is 360 g/mol. The normalized spacial score (nSPS) is 11.6. The summed E-state index contributed by atoms with van der Waals surface area (Å²) in [5, 5.41) is 5.99. The van der Waals surface area contributed by atoms with Crippen LogP contribution in [0.3, 0.4) is 0 Å². The lowest BCUT2D eigenvalue weighted by atomic mass is 10.1. The molecule has 0 saturated carbocycles. The van der Waals surface area contributed by atoms with Crippen LogP contribution in [0.2, 0.25) is 0 Å². The van der Waals surface area contributed by atoms with E-state index in [1.807, 2.05) is 12.3 Å². The number of benzene rings is 3. The molecule has 0 fully saturated rings. The zero-order chi connectivity index (χ0) is 18.5. The number of hydrogen-bond acceptors (Lipinski definition) is 2. The van der Waals surface area contributed by atoms with Crippen molar-refractivity contribution in [1.82, 2.24) is 9.55 Å². The van der Waals surface area contributed by atoms with E-state index in [4.69, 9.17) is 4.98 Å². The fourth-order valence-electron chi connectivity index (χ4n) is 4.02. The molecular formula is C25H16N2S. The van der Waals surface area contributed by atoms with Crippen molar-refractivity contribution in [3.8, 4) is 16.9 Å². The van der Waals surface area contributed by atoms with Gasteiger partial charge in [0.2, 0.25) is 0 Å². The average molecular weight is 376 g/mol. The van der Waals surface area contributed by atoms with Crippen LogP contribution in [-0.4, -0.2) is 9.55 Å². The largest absolute Gasteiger partial charge is 0.294 e. The third-order valence-electron chi connectivity index (χ3n) is 5.33. The molecule has 28 heavy (non-hydrogen) atoms. The van der Waals surface area contributed by atoms with Gasteiger partial charge in [0.1, 0.15) is 5.82 Å². The third kappa shape index (κ3) is 2.30. The number of thiophene rings is 1. The van der Waals surface area contributed by atoms with E-state index in [9.17, 15) is 0 Å². The van der Waals surface area contributed by atoms with Crippen LogP contribution in [0, 0.1) is 0 Å². The molecule has 0 N–H and O–H groups in total. The fraction of sp³-hybridized carbons (Fsp3) is 0. The van der Waals surface area contributed by atoms with Crippen LogP contribution in [0.25, 0.3) is 48.8 Å². The van der Waals surface area contributed by atoms with E-state index in [0.29, 0.717) is 0 Å². The number of para-hydroxylation sites is 1. The SMILES string of the molecule is c1ccc(-c2ccnc(-n3c4ccccc4c4cc5ccsc5cc43)c2)cc1. The second-order valence-corrected chi connectivity index (χ2v) is 7.90. The fourth-order valence-corrected chi connectivity index (χ4v) is 4.83. The number of pyridine rings is 1. The second-order valence-electron chi connectivity index (χ2n) is 6.95. The van der Waals surface area contributed by atoms with Gasteiger partial charge >= 0.3 is 0 Å². The first-order chi connectivity index (χ1) is 13.9. The quantitative estimate of drug-likeness (QED) is 0.316. The first kappa shape index (κ1) is 15.6. The van der Waals surface area contributed by atoms with Crippen molar-refractivity contribution in [1.29, 1.82) is 0 Å². The summed E-state index contributed by atoms with van der Waals surface area (Å²) in [4.78, 5) is 4.74. The van der Waals surface area contributed by atoms with Crippen molar-refractivity contribution in [2.75, 3.05) is 0 Å². The summed E-state index contributed by atoms with van der Waals surface area (Å²) in [6.07, 6.45) is 1.90. The van der Waals surface area contributed by atoms with Crippen LogP contribution in [0.5, 0.6) is 0 Å². The molecule has 132 valence electrons. The Labute approximate surface area is 166 Å². The van der Waals surface area contributed by atoms with Crippen molar-refractivity contribution in [2.45, 2.75) is 0 Å². The zero-order valence-corrected chi connectivity index (χ0v) is 15.9. The predicted molar refractivity (Wildman–Crippen MR) is 119 cm³/mol. The van der Waals surface area contributed by atoms with E-state index in [1.165, 1.54) is 43.0 Å². The van der Waals surface area contributed by atoms with Crippen molar-refractivity contribution in [2.24, 2.45) is 0 Å². The molecule has 3 heteroatoms. The smallest absolute Gasteiger partial charge is 0.138 e. The van der Waals surface area contributed by atoms with Crippen LogP contribution < -0.4 is 0 Å². The van der Waals surface area contributed by atoms with Crippen LogP contribution in [0.1, 0.15) is 0 Å². The number of aromatic nitrogens is 2. The Morgan fingerprint density at radius 2 is 1.54 bits per heavy atom. The first-order valence-corrected chi connectivity index (χ1v) is 10.2. The minimum atomic E-state index is 0.948. The Balaban J connectivity index is 1.69. The molecule has 3 heterocycles. The zero-order valence-electron chi connectivity index (χ0n) is 15.0. The second kappa shape index (κ2) is 6.04. The van der Waals surface area contributed by atoms with Crippen LogP contribution in [-0.2, 0) is 0 Å². The lowest BCUT2D eigenvalue weighted by molar-refractivity contribution is 1.08. The highest BCUT2D eigenvalue weighted by atomic mass is 32.1. The van der Waals surface area contributed by atoms with Gasteiger partial charge in [-0.15, -0.1) is 11.3 Å². The van der Waals surface area contributed by atoms with E-state index in [2.05, 4.69) is 88.8 Å². The highest BCUT2D eigenvalue weighted by molar-refractivity contribution is 7.17. The molecule has 0 radical (unpaired) electrons. The molecule has 0 bridgehead atoms. The predicted octanol–water partition coefficient (Wildman–Crippen LogP) is 7.06. The number of nitrogens with zero attached hydrogens (tertiary/aromatic N) is 2. The average Bonchev–Trinajstić information content (AvgIpc) is 3.34. The standard InChI is InChI=1S/C25H16N2S/c1-2-6-17(7-3-1)18-10-12-26-25(15-18)27-22-9-5-4-8-20(22)21-14-19-11-13-28-24(19)16-23(21)27/h1-16H. The number of fused-ring (bicyclic) bond motifs is 4. The molecule has 0 aliphatic heterocycles. The van der Waals surface area contributed by atoms with Crippen molar-refractivity contribution < 1.29 is 0 Å². The maximum atomic E-state index is 4.74. The van der Waals surface area contributed by atoms with Gasteiger partial charge in [0, 0.05) is 21.7 Å². The van der Waals surface area contributed by atoms with E-state index < -0.39 is 0 Å². The van der Waals surface area contributed by atoms with Gasteiger partial charge in [-0.2, -0.15) is 0 Å². The Bertz CT molecular complexity index is 1460.